The van der Waals surface area contributed by atoms with Gasteiger partial charge in [0, 0.05) is 0 Å². The molecule has 1 amide bonds. The minimum Gasteiger partial charge on any atom is -0.493 e. The van der Waals surface area contributed by atoms with Crippen molar-refractivity contribution in [1.82, 2.24) is 5.06 Å². The molecular weight excluding hydrogens is 361 g/mol. The van der Waals surface area contributed by atoms with E-state index in [-0.39, 0.29) is 6.54 Å². The van der Waals surface area contributed by atoms with Crippen molar-refractivity contribution in [2.24, 2.45) is 0 Å². The molecule has 5 nitrogen and oxygen atoms in total. The minimum atomic E-state index is 0.116. The maximum Gasteiger partial charge on any atom is 0.233 e. The van der Waals surface area contributed by atoms with Crippen LogP contribution >= 0.6 is 22.6 Å². The van der Waals surface area contributed by atoms with Crippen LogP contribution in [0.4, 0.5) is 0 Å². The van der Waals surface area contributed by atoms with Gasteiger partial charge in [-0.1, -0.05) is 13.3 Å². The monoisotopic (exact) mass is 379 g/mol. The highest BCUT2D eigenvalue weighted by Gasteiger charge is 2.12. The van der Waals surface area contributed by atoms with Crippen LogP contribution in [0.25, 0.3) is 0 Å². The standard InChI is InChI=1S/C13H18INO4/c1-3-4-5-19-13-11(14)6-10(7-12(13)18-2)8-15(17)9-16/h6-7,9,17H,3-5,8H2,1-2H3. The number of unbranched alkanes of at least 4 members (excludes halogenated alkanes) is 1. The summed E-state index contributed by atoms with van der Waals surface area (Å²) in [6, 6.07) is 3.62. The van der Waals surface area contributed by atoms with E-state index in [1.54, 1.807) is 13.2 Å². The molecule has 0 unspecified atom stereocenters. The molecule has 1 rings (SSSR count). The Hall–Kier alpha value is -1.02. The number of hydrogen-bond acceptors (Lipinski definition) is 4. The lowest BCUT2D eigenvalue weighted by Crippen LogP contribution is -2.16. The number of benzene rings is 1. The van der Waals surface area contributed by atoms with E-state index in [2.05, 4.69) is 29.5 Å². The van der Waals surface area contributed by atoms with Gasteiger partial charge in [-0.2, -0.15) is 0 Å². The summed E-state index contributed by atoms with van der Waals surface area (Å²) in [5, 5.41) is 9.79. The van der Waals surface area contributed by atoms with Crippen LogP contribution in [0.2, 0.25) is 0 Å². The summed E-state index contributed by atoms with van der Waals surface area (Å²) in [7, 11) is 1.57. The van der Waals surface area contributed by atoms with E-state index in [0.29, 0.717) is 29.6 Å². The van der Waals surface area contributed by atoms with Crippen LogP contribution in [-0.4, -0.2) is 30.4 Å². The topological polar surface area (TPSA) is 59.0 Å². The summed E-state index contributed by atoms with van der Waals surface area (Å²) < 4.78 is 11.9. The second kappa shape index (κ2) is 8.21. The van der Waals surface area contributed by atoms with Gasteiger partial charge in [0.15, 0.2) is 11.5 Å². The van der Waals surface area contributed by atoms with Gasteiger partial charge >= 0.3 is 0 Å². The zero-order chi connectivity index (χ0) is 14.3. The quantitative estimate of drug-likeness (QED) is 0.248. The number of ether oxygens (including phenoxy) is 2. The van der Waals surface area contributed by atoms with Gasteiger partial charge in [0.25, 0.3) is 0 Å². The molecular formula is C13H18INO4. The molecule has 0 aromatic heterocycles. The number of halogens is 1. The summed E-state index contributed by atoms with van der Waals surface area (Å²) in [5.41, 5.74) is 0.777. The van der Waals surface area contributed by atoms with Gasteiger partial charge in [-0.3, -0.25) is 10.0 Å². The Morgan fingerprint density at radius 2 is 2.21 bits per heavy atom. The Balaban J connectivity index is 2.90. The highest BCUT2D eigenvalue weighted by molar-refractivity contribution is 14.1. The van der Waals surface area contributed by atoms with Crippen molar-refractivity contribution in [3.8, 4) is 11.5 Å². The largest absolute Gasteiger partial charge is 0.493 e. The van der Waals surface area contributed by atoms with E-state index in [1.165, 1.54) is 0 Å². The maximum absolute atomic E-state index is 10.4. The molecule has 0 spiro atoms. The van der Waals surface area contributed by atoms with Crippen molar-refractivity contribution < 1.29 is 19.5 Å². The molecule has 0 saturated heterocycles. The van der Waals surface area contributed by atoms with Gasteiger partial charge in [-0.05, 0) is 46.7 Å². The number of rotatable bonds is 8. The third-order valence-corrected chi connectivity index (χ3v) is 3.30. The van der Waals surface area contributed by atoms with Crippen LogP contribution < -0.4 is 9.47 Å². The van der Waals surface area contributed by atoms with Gasteiger partial charge in [-0.15, -0.1) is 0 Å². The first kappa shape index (κ1) is 16.0. The molecule has 1 aromatic carbocycles. The molecule has 0 radical (unpaired) electrons. The molecule has 106 valence electrons. The molecule has 1 N–H and O–H groups in total. The van der Waals surface area contributed by atoms with Crippen LogP contribution in [0.1, 0.15) is 25.3 Å². The molecule has 1 aromatic rings. The molecule has 0 atom stereocenters. The molecule has 0 fully saturated rings. The Bertz CT molecular complexity index is 425. The number of methoxy groups -OCH3 is 1. The van der Waals surface area contributed by atoms with Gasteiger partial charge < -0.3 is 9.47 Å². The van der Waals surface area contributed by atoms with Gasteiger partial charge in [0.1, 0.15) is 0 Å². The maximum atomic E-state index is 10.4. The van der Waals surface area contributed by atoms with E-state index >= 15 is 0 Å². The Morgan fingerprint density at radius 3 is 2.79 bits per heavy atom. The number of carbonyl (C=O) groups is 1. The summed E-state index contributed by atoms with van der Waals surface area (Å²) in [6.07, 6.45) is 2.41. The molecule has 19 heavy (non-hydrogen) atoms. The average molecular weight is 379 g/mol. The zero-order valence-corrected chi connectivity index (χ0v) is 13.2. The number of nitrogens with zero attached hydrogens (tertiary/aromatic N) is 1. The lowest BCUT2D eigenvalue weighted by Gasteiger charge is -2.15. The van der Waals surface area contributed by atoms with Gasteiger partial charge in [0.05, 0.1) is 23.8 Å². The summed E-state index contributed by atoms with van der Waals surface area (Å²) >= 11 is 2.15. The van der Waals surface area contributed by atoms with Crippen molar-refractivity contribution in [2.45, 2.75) is 26.3 Å². The number of carbonyl (C=O) groups excluding carboxylic acids is 1. The molecule has 0 aliphatic carbocycles. The van der Waals surface area contributed by atoms with Crippen LogP contribution in [0.5, 0.6) is 11.5 Å². The summed E-state index contributed by atoms with van der Waals surface area (Å²) in [4.78, 5) is 10.4. The highest BCUT2D eigenvalue weighted by atomic mass is 127. The van der Waals surface area contributed by atoms with E-state index in [9.17, 15) is 10.0 Å². The fraction of sp³-hybridized carbons (Fsp3) is 0.462. The van der Waals surface area contributed by atoms with Crippen molar-refractivity contribution in [1.29, 1.82) is 0 Å². The van der Waals surface area contributed by atoms with Crippen molar-refractivity contribution in [3.63, 3.8) is 0 Å². The van der Waals surface area contributed by atoms with Crippen molar-refractivity contribution in [3.05, 3.63) is 21.3 Å². The number of amides is 1. The van der Waals surface area contributed by atoms with Crippen LogP contribution in [-0.2, 0) is 11.3 Å². The molecule has 6 heteroatoms. The average Bonchev–Trinajstić information content (AvgIpc) is 2.40. The number of hydroxylamine groups is 2. The van der Waals surface area contributed by atoms with Crippen LogP contribution in [0.15, 0.2) is 12.1 Å². The predicted octanol–water partition coefficient (Wildman–Crippen LogP) is 2.83. The zero-order valence-electron chi connectivity index (χ0n) is 11.1. The number of hydrogen-bond donors (Lipinski definition) is 1. The first-order valence-electron chi connectivity index (χ1n) is 6.02. The van der Waals surface area contributed by atoms with Crippen LogP contribution in [0, 0.1) is 3.57 Å². The molecule has 0 saturated carbocycles. The van der Waals surface area contributed by atoms with Crippen molar-refractivity contribution >= 4 is 29.0 Å². The van der Waals surface area contributed by atoms with Gasteiger partial charge in [-0.25, -0.2) is 5.06 Å². The minimum absolute atomic E-state index is 0.116. The van der Waals surface area contributed by atoms with Crippen molar-refractivity contribution in [2.75, 3.05) is 13.7 Å². The lowest BCUT2D eigenvalue weighted by atomic mass is 10.2. The Kier molecular flexibility index (Phi) is 6.93. The summed E-state index contributed by atoms with van der Waals surface area (Å²) in [5.74, 6) is 1.31. The first-order valence-corrected chi connectivity index (χ1v) is 7.10. The second-order valence-corrected chi connectivity index (χ2v) is 5.18. The third kappa shape index (κ3) is 4.87. The van der Waals surface area contributed by atoms with Crippen LogP contribution in [0.3, 0.4) is 0 Å². The molecule has 0 aliphatic heterocycles. The lowest BCUT2D eigenvalue weighted by molar-refractivity contribution is -0.152. The molecule has 0 heterocycles. The Morgan fingerprint density at radius 1 is 1.47 bits per heavy atom. The normalized spacial score (nSPS) is 10.1. The fourth-order valence-electron chi connectivity index (χ4n) is 1.55. The summed E-state index contributed by atoms with van der Waals surface area (Å²) in [6.45, 7) is 2.86. The molecule has 0 bridgehead atoms. The second-order valence-electron chi connectivity index (χ2n) is 4.01. The first-order chi connectivity index (χ1) is 9.12. The van der Waals surface area contributed by atoms with E-state index in [0.717, 1.165) is 22.0 Å². The Labute approximate surface area is 126 Å². The van der Waals surface area contributed by atoms with E-state index in [1.807, 2.05) is 6.07 Å². The van der Waals surface area contributed by atoms with E-state index in [4.69, 9.17) is 9.47 Å². The SMILES string of the molecule is CCCCOc1c(I)cc(CN(O)C=O)cc1OC. The molecule has 0 aliphatic rings. The van der Waals surface area contributed by atoms with E-state index < -0.39 is 0 Å². The van der Waals surface area contributed by atoms with Gasteiger partial charge in [0.2, 0.25) is 6.41 Å². The fourth-order valence-corrected chi connectivity index (χ4v) is 2.37. The predicted molar refractivity (Wildman–Crippen MR) is 79.5 cm³/mol. The smallest absolute Gasteiger partial charge is 0.233 e. The highest BCUT2D eigenvalue weighted by Crippen LogP contribution is 2.34. The third-order valence-electron chi connectivity index (χ3n) is 2.50.